The molecule has 0 aliphatic heterocycles. The van der Waals surface area contributed by atoms with E-state index in [0.29, 0.717) is 5.56 Å². The molecule has 0 aliphatic carbocycles. The summed E-state index contributed by atoms with van der Waals surface area (Å²) in [6, 6.07) is 5.09. The highest BCUT2D eigenvalue weighted by atomic mass is 16.3. The minimum Gasteiger partial charge on any atom is -0.508 e. The van der Waals surface area contributed by atoms with Crippen LogP contribution in [0.4, 0.5) is 0 Å². The second-order valence-corrected chi connectivity index (χ2v) is 4.55. The predicted molar refractivity (Wildman–Crippen MR) is 69.3 cm³/mol. The number of aromatic hydroxyl groups is 1. The van der Waals surface area contributed by atoms with E-state index in [1.807, 2.05) is 14.0 Å². The highest BCUT2D eigenvalue weighted by Crippen LogP contribution is 2.18. The van der Waals surface area contributed by atoms with Crippen molar-refractivity contribution in [2.75, 3.05) is 7.05 Å². The maximum atomic E-state index is 12.2. The van der Waals surface area contributed by atoms with E-state index in [1.54, 1.807) is 23.1 Å². The Kier molecular flexibility index (Phi) is 4.55. The summed E-state index contributed by atoms with van der Waals surface area (Å²) >= 11 is 0. The molecule has 0 radical (unpaired) electrons. The SMILES string of the molecule is CCCC(C)N(C)C(=O)c1ccc(O)cc1C. The summed E-state index contributed by atoms with van der Waals surface area (Å²) in [7, 11) is 1.83. The monoisotopic (exact) mass is 235 g/mol. The zero-order chi connectivity index (χ0) is 13.0. The van der Waals surface area contributed by atoms with Crippen LogP contribution in [-0.4, -0.2) is 29.0 Å². The quantitative estimate of drug-likeness (QED) is 0.871. The number of hydrogen-bond acceptors (Lipinski definition) is 2. The van der Waals surface area contributed by atoms with Gasteiger partial charge in [-0.05, 0) is 44.0 Å². The molecule has 0 spiro atoms. The van der Waals surface area contributed by atoms with Crippen LogP contribution in [0.25, 0.3) is 0 Å². The van der Waals surface area contributed by atoms with Gasteiger partial charge in [-0.3, -0.25) is 4.79 Å². The third-order valence-corrected chi connectivity index (χ3v) is 3.13. The highest BCUT2D eigenvalue weighted by molar-refractivity contribution is 5.95. The lowest BCUT2D eigenvalue weighted by Crippen LogP contribution is -2.35. The van der Waals surface area contributed by atoms with Crippen molar-refractivity contribution in [2.24, 2.45) is 0 Å². The molecule has 0 heterocycles. The topological polar surface area (TPSA) is 40.5 Å². The molecule has 1 unspecified atom stereocenters. The van der Waals surface area contributed by atoms with E-state index in [1.165, 1.54) is 0 Å². The summed E-state index contributed by atoms with van der Waals surface area (Å²) < 4.78 is 0. The van der Waals surface area contributed by atoms with Crippen molar-refractivity contribution in [2.45, 2.75) is 39.7 Å². The molecule has 0 saturated carbocycles. The van der Waals surface area contributed by atoms with E-state index in [9.17, 15) is 9.90 Å². The van der Waals surface area contributed by atoms with E-state index in [2.05, 4.69) is 13.8 Å². The van der Waals surface area contributed by atoms with Crippen LogP contribution in [0.2, 0.25) is 0 Å². The molecule has 1 N–H and O–H groups in total. The molecule has 0 aliphatic rings. The number of amides is 1. The van der Waals surface area contributed by atoms with E-state index in [-0.39, 0.29) is 17.7 Å². The Morgan fingerprint density at radius 2 is 2.12 bits per heavy atom. The standard InChI is InChI=1S/C14H21NO2/c1-5-6-11(3)15(4)14(17)13-8-7-12(16)9-10(13)2/h7-9,11,16H,5-6H2,1-4H3. The Hall–Kier alpha value is -1.51. The number of benzene rings is 1. The number of hydrogen-bond donors (Lipinski definition) is 1. The molecule has 1 amide bonds. The van der Waals surface area contributed by atoms with E-state index < -0.39 is 0 Å². The van der Waals surface area contributed by atoms with Gasteiger partial charge in [0.1, 0.15) is 5.75 Å². The van der Waals surface area contributed by atoms with Crippen molar-refractivity contribution in [3.8, 4) is 5.75 Å². The number of phenols is 1. The third-order valence-electron chi connectivity index (χ3n) is 3.13. The van der Waals surface area contributed by atoms with Gasteiger partial charge in [0.15, 0.2) is 0 Å². The fourth-order valence-electron chi connectivity index (χ4n) is 1.89. The van der Waals surface area contributed by atoms with Crippen LogP contribution < -0.4 is 0 Å². The lowest BCUT2D eigenvalue weighted by molar-refractivity contribution is 0.0736. The molecule has 3 heteroatoms. The molecule has 0 bridgehead atoms. The van der Waals surface area contributed by atoms with Gasteiger partial charge in [0, 0.05) is 18.7 Å². The minimum atomic E-state index is 0.0171. The smallest absolute Gasteiger partial charge is 0.254 e. The van der Waals surface area contributed by atoms with Crippen molar-refractivity contribution < 1.29 is 9.90 Å². The number of carbonyl (C=O) groups excluding carboxylic acids is 1. The first-order valence-corrected chi connectivity index (χ1v) is 6.04. The molecule has 0 aromatic heterocycles. The summed E-state index contributed by atoms with van der Waals surface area (Å²) in [5, 5.41) is 9.33. The molecule has 0 fully saturated rings. The molecule has 3 nitrogen and oxygen atoms in total. The number of phenolic OH excluding ortho intramolecular Hbond substituents is 1. The first kappa shape index (κ1) is 13.6. The van der Waals surface area contributed by atoms with E-state index in [4.69, 9.17) is 0 Å². The number of carbonyl (C=O) groups is 1. The summed E-state index contributed by atoms with van der Waals surface area (Å²) in [4.78, 5) is 14.0. The summed E-state index contributed by atoms with van der Waals surface area (Å²) in [6.45, 7) is 6.00. The van der Waals surface area contributed by atoms with Gasteiger partial charge in [-0.1, -0.05) is 13.3 Å². The Balaban J connectivity index is 2.88. The van der Waals surface area contributed by atoms with E-state index >= 15 is 0 Å². The largest absolute Gasteiger partial charge is 0.508 e. The highest BCUT2D eigenvalue weighted by Gasteiger charge is 2.18. The van der Waals surface area contributed by atoms with Crippen molar-refractivity contribution in [3.05, 3.63) is 29.3 Å². The molecule has 0 saturated heterocycles. The Morgan fingerprint density at radius 3 is 2.65 bits per heavy atom. The molecular weight excluding hydrogens is 214 g/mol. The Bertz CT molecular complexity index is 401. The van der Waals surface area contributed by atoms with Crippen molar-refractivity contribution >= 4 is 5.91 Å². The molecule has 17 heavy (non-hydrogen) atoms. The van der Waals surface area contributed by atoms with Gasteiger partial charge in [-0.15, -0.1) is 0 Å². The van der Waals surface area contributed by atoms with Crippen molar-refractivity contribution in [3.63, 3.8) is 0 Å². The summed E-state index contributed by atoms with van der Waals surface area (Å²) in [6.07, 6.45) is 2.06. The zero-order valence-electron chi connectivity index (χ0n) is 11.0. The maximum Gasteiger partial charge on any atom is 0.254 e. The zero-order valence-corrected chi connectivity index (χ0v) is 11.0. The normalized spacial score (nSPS) is 12.2. The summed E-state index contributed by atoms with van der Waals surface area (Å²) in [5.74, 6) is 0.215. The van der Waals surface area contributed by atoms with Crippen LogP contribution in [0.3, 0.4) is 0 Å². The average Bonchev–Trinajstić information content (AvgIpc) is 2.27. The molecule has 1 aromatic carbocycles. The minimum absolute atomic E-state index is 0.0171. The van der Waals surface area contributed by atoms with Crippen LogP contribution in [0.5, 0.6) is 5.75 Å². The fourth-order valence-corrected chi connectivity index (χ4v) is 1.89. The Labute approximate surface area is 103 Å². The first-order valence-electron chi connectivity index (χ1n) is 6.04. The van der Waals surface area contributed by atoms with Crippen LogP contribution in [0.1, 0.15) is 42.6 Å². The van der Waals surface area contributed by atoms with Gasteiger partial charge >= 0.3 is 0 Å². The Morgan fingerprint density at radius 1 is 1.47 bits per heavy atom. The fraction of sp³-hybridized carbons (Fsp3) is 0.500. The predicted octanol–water partition coefficient (Wildman–Crippen LogP) is 2.96. The molecule has 94 valence electrons. The van der Waals surface area contributed by atoms with Gasteiger partial charge in [-0.25, -0.2) is 0 Å². The van der Waals surface area contributed by atoms with Gasteiger partial charge in [0.25, 0.3) is 5.91 Å². The molecule has 1 aromatic rings. The van der Waals surface area contributed by atoms with E-state index in [0.717, 1.165) is 18.4 Å². The molecule has 1 atom stereocenters. The average molecular weight is 235 g/mol. The lowest BCUT2D eigenvalue weighted by atomic mass is 10.1. The van der Waals surface area contributed by atoms with Gasteiger partial charge in [0.05, 0.1) is 0 Å². The second-order valence-electron chi connectivity index (χ2n) is 4.55. The molecule has 1 rings (SSSR count). The first-order chi connectivity index (χ1) is 7.97. The van der Waals surface area contributed by atoms with Gasteiger partial charge in [0.2, 0.25) is 0 Å². The second kappa shape index (κ2) is 5.71. The number of aryl methyl sites for hydroxylation is 1. The third kappa shape index (κ3) is 3.22. The van der Waals surface area contributed by atoms with Crippen LogP contribution >= 0.6 is 0 Å². The van der Waals surface area contributed by atoms with Crippen molar-refractivity contribution in [1.29, 1.82) is 0 Å². The van der Waals surface area contributed by atoms with Crippen LogP contribution in [0, 0.1) is 6.92 Å². The molecular formula is C14H21NO2. The number of nitrogens with zero attached hydrogens (tertiary/aromatic N) is 1. The van der Waals surface area contributed by atoms with Crippen LogP contribution in [-0.2, 0) is 0 Å². The van der Waals surface area contributed by atoms with Gasteiger partial charge < -0.3 is 10.0 Å². The maximum absolute atomic E-state index is 12.2. The van der Waals surface area contributed by atoms with Crippen molar-refractivity contribution in [1.82, 2.24) is 4.90 Å². The summed E-state index contributed by atoms with van der Waals surface area (Å²) in [5.41, 5.74) is 1.47. The lowest BCUT2D eigenvalue weighted by Gasteiger charge is -2.25. The van der Waals surface area contributed by atoms with Gasteiger partial charge in [-0.2, -0.15) is 0 Å². The van der Waals surface area contributed by atoms with Crippen LogP contribution in [0.15, 0.2) is 18.2 Å². The number of rotatable bonds is 4.